The molecule has 115 heavy (non-hydrogen) atoms. The average Bonchev–Trinajstić information content (AvgIpc) is 0.899. The van der Waals surface area contributed by atoms with Crippen molar-refractivity contribution < 1.29 is 80.2 Å². The number of ether oxygens (including phenoxy) is 4. The van der Waals surface area contributed by atoms with E-state index in [4.69, 9.17) is 37.0 Å². The molecule has 3 unspecified atom stereocenters. The molecule has 0 aliphatic rings. The smallest absolute Gasteiger partial charge is 0.462 e. The highest BCUT2D eigenvalue weighted by molar-refractivity contribution is 7.47. The minimum absolute atomic E-state index is 0.110. The third-order valence-electron chi connectivity index (χ3n) is 23.1. The van der Waals surface area contributed by atoms with Gasteiger partial charge in [0.2, 0.25) is 0 Å². The second-order valence-electron chi connectivity index (χ2n) is 34.7. The Bertz CT molecular complexity index is 2170. The van der Waals surface area contributed by atoms with Crippen LogP contribution >= 0.6 is 15.6 Å². The van der Waals surface area contributed by atoms with E-state index in [-0.39, 0.29) is 25.7 Å². The fourth-order valence-corrected chi connectivity index (χ4v) is 16.8. The molecule has 0 amide bonds. The molecule has 0 aliphatic carbocycles. The Labute approximate surface area is 708 Å². The number of unbranched alkanes of at least 4 members (excludes halogenated alkanes) is 67. The summed E-state index contributed by atoms with van der Waals surface area (Å²) in [5, 5.41) is 10.7. The van der Waals surface area contributed by atoms with Gasteiger partial charge in [-0.1, -0.05) is 478 Å². The van der Waals surface area contributed by atoms with Crippen molar-refractivity contribution in [1.82, 2.24) is 0 Å². The predicted molar refractivity (Wildman–Crippen MR) is 479 cm³/mol. The lowest BCUT2D eigenvalue weighted by molar-refractivity contribution is -0.161. The van der Waals surface area contributed by atoms with Crippen LogP contribution < -0.4 is 0 Å². The van der Waals surface area contributed by atoms with Crippen LogP contribution in [0.15, 0.2) is 0 Å². The molecular weight excluding hydrogens is 1490 g/mol. The van der Waals surface area contributed by atoms with Crippen LogP contribution in [0, 0.1) is 5.92 Å². The van der Waals surface area contributed by atoms with E-state index in [2.05, 4.69) is 34.6 Å². The normalized spacial score (nSPS) is 13.8. The van der Waals surface area contributed by atoms with E-state index < -0.39 is 97.5 Å². The Hall–Kier alpha value is -1.94. The van der Waals surface area contributed by atoms with Crippen molar-refractivity contribution in [1.29, 1.82) is 0 Å². The Kier molecular flexibility index (Phi) is 86.9. The quantitative estimate of drug-likeness (QED) is 0.0222. The maximum atomic E-state index is 13.2. The van der Waals surface area contributed by atoms with Crippen molar-refractivity contribution in [3.63, 3.8) is 0 Å². The van der Waals surface area contributed by atoms with E-state index in [0.29, 0.717) is 25.7 Å². The van der Waals surface area contributed by atoms with Crippen LogP contribution in [0.3, 0.4) is 0 Å². The first-order valence-electron chi connectivity index (χ1n) is 49.7. The SMILES string of the molecule is CCCCCCCCCCCCCCCCCCCCCCC(=O)OC[C@H](COP(=O)(O)OC[C@@H](O)COP(=O)(O)OC[C@@H](COC(=O)CCCCCCCCCCCCCCC)OC(=O)CCCCCCCCCCCCCCCCCCCCCC)OC(=O)CCCCCCCCCCCCCCCCCCCCC(C)CC. The Morgan fingerprint density at radius 3 is 0.617 bits per heavy atom. The minimum atomic E-state index is -4.97. The first kappa shape index (κ1) is 113. The molecule has 6 atom stereocenters. The van der Waals surface area contributed by atoms with Gasteiger partial charge in [0.15, 0.2) is 12.2 Å². The summed E-state index contributed by atoms with van der Waals surface area (Å²) < 4.78 is 69.3. The Balaban J connectivity index is 5.25. The second-order valence-corrected chi connectivity index (χ2v) is 37.6. The molecule has 17 nitrogen and oxygen atoms in total. The summed E-state index contributed by atoms with van der Waals surface area (Å²) in [6.07, 6.45) is 86.2. The van der Waals surface area contributed by atoms with Crippen molar-refractivity contribution in [3.05, 3.63) is 0 Å². The molecule has 0 aromatic carbocycles. The molecule has 3 N–H and O–H groups in total. The summed E-state index contributed by atoms with van der Waals surface area (Å²) >= 11 is 0. The molecule has 0 aromatic rings. The van der Waals surface area contributed by atoms with Crippen molar-refractivity contribution in [2.75, 3.05) is 39.6 Å². The number of aliphatic hydroxyl groups excluding tert-OH is 1. The van der Waals surface area contributed by atoms with E-state index in [0.717, 1.165) is 95.8 Å². The molecule has 0 aromatic heterocycles. The third kappa shape index (κ3) is 88.2. The summed E-state index contributed by atoms with van der Waals surface area (Å²) in [7, 11) is -9.94. The molecule has 0 fully saturated rings. The van der Waals surface area contributed by atoms with E-state index in [1.165, 1.54) is 353 Å². The minimum Gasteiger partial charge on any atom is -0.462 e. The monoisotopic (exact) mass is 1680 g/mol. The first-order chi connectivity index (χ1) is 56.1. The summed E-state index contributed by atoms with van der Waals surface area (Å²) in [6, 6.07) is 0. The zero-order chi connectivity index (χ0) is 84.0. The van der Waals surface area contributed by atoms with Crippen molar-refractivity contribution in [3.8, 4) is 0 Å². The van der Waals surface area contributed by atoms with Gasteiger partial charge in [0.25, 0.3) is 0 Å². The summed E-state index contributed by atoms with van der Waals surface area (Å²) in [4.78, 5) is 73.6. The number of hydrogen-bond acceptors (Lipinski definition) is 15. The molecule has 0 saturated heterocycles. The zero-order valence-corrected chi connectivity index (χ0v) is 77.7. The number of phosphoric ester groups is 2. The summed E-state index contributed by atoms with van der Waals surface area (Å²) in [5.41, 5.74) is 0. The highest BCUT2D eigenvalue weighted by Crippen LogP contribution is 2.45. The maximum Gasteiger partial charge on any atom is 0.472 e. The maximum absolute atomic E-state index is 13.2. The number of carbonyl (C=O) groups is 4. The second kappa shape index (κ2) is 88.4. The third-order valence-corrected chi connectivity index (χ3v) is 25.0. The summed E-state index contributed by atoms with van der Waals surface area (Å²) in [6.45, 7) is 7.50. The van der Waals surface area contributed by atoms with E-state index >= 15 is 0 Å². The van der Waals surface area contributed by atoms with Gasteiger partial charge in [0.1, 0.15) is 19.3 Å². The Morgan fingerprint density at radius 2 is 0.417 bits per heavy atom. The van der Waals surface area contributed by atoms with Crippen molar-refractivity contribution in [2.45, 2.75) is 547 Å². The van der Waals surface area contributed by atoms with Gasteiger partial charge in [-0.25, -0.2) is 9.13 Å². The predicted octanol–water partition coefficient (Wildman–Crippen LogP) is 30.3. The van der Waals surface area contributed by atoms with Gasteiger partial charge in [0.05, 0.1) is 26.4 Å². The van der Waals surface area contributed by atoms with Crippen LogP contribution in [-0.4, -0.2) is 96.7 Å². The molecule has 0 rings (SSSR count). The van der Waals surface area contributed by atoms with Gasteiger partial charge < -0.3 is 33.8 Å². The first-order valence-corrected chi connectivity index (χ1v) is 52.7. The molecule has 684 valence electrons. The lowest BCUT2D eigenvalue weighted by Gasteiger charge is -2.21. The highest BCUT2D eigenvalue weighted by Gasteiger charge is 2.31. The number of hydrogen-bond donors (Lipinski definition) is 3. The molecule has 0 aliphatic heterocycles. The number of esters is 4. The van der Waals surface area contributed by atoms with Crippen molar-refractivity contribution >= 4 is 39.5 Å². The van der Waals surface area contributed by atoms with Crippen LogP contribution in [0.25, 0.3) is 0 Å². The molecule has 19 heteroatoms. The lowest BCUT2D eigenvalue weighted by Crippen LogP contribution is -2.30. The van der Waals surface area contributed by atoms with Gasteiger partial charge in [0, 0.05) is 25.7 Å². The van der Waals surface area contributed by atoms with Gasteiger partial charge >= 0.3 is 39.5 Å². The van der Waals surface area contributed by atoms with E-state index in [9.17, 15) is 43.2 Å². The molecule has 0 heterocycles. The fourth-order valence-electron chi connectivity index (χ4n) is 15.2. The van der Waals surface area contributed by atoms with E-state index in [1.54, 1.807) is 0 Å². The lowest BCUT2D eigenvalue weighted by atomic mass is 9.99. The standard InChI is InChI=1S/C96H188O17P2/c1-6-10-13-16-19-22-25-28-30-32-34-36-41-45-50-55-60-65-70-75-80-94(99)107-86-92(113-96(101)82-77-72-67-62-57-52-47-43-39-38-40-44-49-53-58-63-68-73-78-89(5)9-4)88-111-115(104,105)109-84-90(97)83-108-114(102,103)110-87-91(85-106-93(98)79-74-69-64-59-54-48-27-24-21-18-15-12-8-3)112-95(100)81-76-71-66-61-56-51-46-42-37-35-33-31-29-26-23-20-17-14-11-7-2/h89-92,97H,6-88H2,1-5H3,(H,102,103)(H,104,105)/t89?,90-,91+,92+/m0/s1. The number of rotatable bonds is 96. The topological polar surface area (TPSA) is 237 Å². The fraction of sp³-hybridized carbons (Fsp3) is 0.958. The number of carbonyl (C=O) groups excluding carboxylic acids is 4. The van der Waals surface area contributed by atoms with Gasteiger partial charge in [-0.15, -0.1) is 0 Å². The molecule has 0 spiro atoms. The van der Waals surface area contributed by atoms with Crippen LogP contribution in [0.5, 0.6) is 0 Å². The zero-order valence-electron chi connectivity index (χ0n) is 76.0. The largest absolute Gasteiger partial charge is 0.472 e. The molecule has 0 radical (unpaired) electrons. The average molecular weight is 1680 g/mol. The Morgan fingerprint density at radius 1 is 0.243 bits per heavy atom. The van der Waals surface area contributed by atoms with Gasteiger partial charge in [-0.3, -0.25) is 37.3 Å². The summed E-state index contributed by atoms with van der Waals surface area (Å²) in [5.74, 6) is -1.21. The number of aliphatic hydroxyl groups is 1. The number of phosphoric acid groups is 2. The van der Waals surface area contributed by atoms with Crippen molar-refractivity contribution in [2.24, 2.45) is 5.92 Å². The van der Waals surface area contributed by atoms with Gasteiger partial charge in [-0.05, 0) is 31.6 Å². The van der Waals surface area contributed by atoms with Crippen LogP contribution in [0.2, 0.25) is 0 Å². The van der Waals surface area contributed by atoms with Crippen LogP contribution in [0.1, 0.15) is 529 Å². The molecule has 0 saturated carbocycles. The van der Waals surface area contributed by atoms with Gasteiger partial charge in [-0.2, -0.15) is 0 Å². The highest BCUT2D eigenvalue weighted by atomic mass is 31.2. The van der Waals surface area contributed by atoms with E-state index in [1.807, 2.05) is 0 Å². The molecule has 0 bridgehead atoms. The van der Waals surface area contributed by atoms with Crippen LogP contribution in [-0.2, 0) is 65.4 Å². The van der Waals surface area contributed by atoms with Crippen LogP contribution in [0.4, 0.5) is 0 Å². The molecular formula is C96H188O17P2.